The zero-order valence-corrected chi connectivity index (χ0v) is 13.3. The molecule has 0 aromatic heterocycles. The molecule has 4 heteroatoms. The third-order valence-corrected chi connectivity index (χ3v) is 3.28. The molecule has 0 saturated heterocycles. The molecule has 2 aromatic carbocycles. The van der Waals surface area contributed by atoms with Crippen molar-refractivity contribution >= 4 is 11.6 Å². The molecule has 0 atom stereocenters. The molecule has 2 aromatic rings. The summed E-state index contributed by atoms with van der Waals surface area (Å²) in [7, 11) is 1.64. The number of methoxy groups -OCH3 is 1. The third kappa shape index (κ3) is 4.90. The fourth-order valence-corrected chi connectivity index (χ4v) is 2.32. The standard InChI is InChI=1S/C18H22N2O2/c1-13-8-14(2)10-16(9-13)20-18(21)12-19-11-15-4-6-17(22-3)7-5-15/h4-10,19H,11-12H2,1-3H3,(H,20,21). The maximum atomic E-state index is 11.9. The van der Waals surface area contributed by atoms with Gasteiger partial charge < -0.3 is 15.4 Å². The Labute approximate surface area is 131 Å². The van der Waals surface area contributed by atoms with E-state index >= 15 is 0 Å². The number of carbonyl (C=O) groups is 1. The molecule has 2 N–H and O–H groups in total. The molecule has 0 fully saturated rings. The number of rotatable bonds is 6. The molecular formula is C18H22N2O2. The molecule has 2 rings (SSSR count). The number of ether oxygens (including phenoxy) is 1. The first-order valence-corrected chi connectivity index (χ1v) is 7.28. The molecule has 0 aliphatic heterocycles. The molecule has 0 aliphatic rings. The number of carbonyl (C=O) groups excluding carboxylic acids is 1. The van der Waals surface area contributed by atoms with Crippen molar-refractivity contribution in [3.63, 3.8) is 0 Å². The van der Waals surface area contributed by atoms with E-state index in [1.807, 2.05) is 50.2 Å². The topological polar surface area (TPSA) is 50.4 Å². The zero-order chi connectivity index (χ0) is 15.9. The molecule has 1 amide bonds. The summed E-state index contributed by atoms with van der Waals surface area (Å²) >= 11 is 0. The van der Waals surface area contributed by atoms with Gasteiger partial charge in [0.2, 0.25) is 5.91 Å². The van der Waals surface area contributed by atoms with Crippen molar-refractivity contribution in [3.05, 3.63) is 59.2 Å². The van der Waals surface area contributed by atoms with Crippen molar-refractivity contribution in [3.8, 4) is 5.75 Å². The lowest BCUT2D eigenvalue weighted by molar-refractivity contribution is -0.115. The summed E-state index contributed by atoms with van der Waals surface area (Å²) in [5.41, 5.74) is 4.23. The first-order valence-electron chi connectivity index (χ1n) is 7.28. The second-order valence-electron chi connectivity index (χ2n) is 5.38. The molecule has 4 nitrogen and oxygen atoms in total. The molecule has 116 valence electrons. The van der Waals surface area contributed by atoms with Gasteiger partial charge in [0.15, 0.2) is 0 Å². The van der Waals surface area contributed by atoms with Crippen LogP contribution in [0.4, 0.5) is 5.69 Å². The third-order valence-electron chi connectivity index (χ3n) is 3.28. The van der Waals surface area contributed by atoms with Crippen molar-refractivity contribution in [2.45, 2.75) is 20.4 Å². The number of hydrogen-bond acceptors (Lipinski definition) is 3. The monoisotopic (exact) mass is 298 g/mol. The minimum Gasteiger partial charge on any atom is -0.497 e. The molecule has 0 heterocycles. The minimum atomic E-state index is -0.0430. The Morgan fingerprint density at radius 3 is 2.27 bits per heavy atom. The molecule has 0 saturated carbocycles. The van der Waals surface area contributed by atoms with E-state index in [1.165, 1.54) is 0 Å². The number of benzene rings is 2. The van der Waals surface area contributed by atoms with Crippen molar-refractivity contribution in [2.75, 3.05) is 19.0 Å². The van der Waals surface area contributed by atoms with Crippen molar-refractivity contribution in [1.82, 2.24) is 5.32 Å². The summed E-state index contributed by atoms with van der Waals surface area (Å²) in [6, 6.07) is 13.8. The first kappa shape index (κ1) is 16.0. The van der Waals surface area contributed by atoms with E-state index in [0.29, 0.717) is 6.54 Å². The van der Waals surface area contributed by atoms with Gasteiger partial charge in [-0.25, -0.2) is 0 Å². The Kier molecular flexibility index (Phi) is 5.55. The molecule has 0 spiro atoms. The average molecular weight is 298 g/mol. The maximum absolute atomic E-state index is 11.9. The van der Waals surface area contributed by atoms with Crippen LogP contribution in [-0.4, -0.2) is 19.6 Å². The van der Waals surface area contributed by atoms with Crippen molar-refractivity contribution in [1.29, 1.82) is 0 Å². The smallest absolute Gasteiger partial charge is 0.238 e. The van der Waals surface area contributed by atoms with Gasteiger partial charge in [0, 0.05) is 12.2 Å². The van der Waals surface area contributed by atoms with E-state index in [2.05, 4.69) is 16.7 Å². The summed E-state index contributed by atoms with van der Waals surface area (Å²) in [4.78, 5) is 11.9. The van der Waals surface area contributed by atoms with Crippen LogP contribution in [0.15, 0.2) is 42.5 Å². The first-order chi connectivity index (χ1) is 10.6. The Bertz CT molecular complexity index is 616. The van der Waals surface area contributed by atoms with E-state index in [-0.39, 0.29) is 12.5 Å². The minimum absolute atomic E-state index is 0.0430. The summed E-state index contributed by atoms with van der Waals surface area (Å²) in [6.45, 7) is 4.96. The Balaban J connectivity index is 1.79. The summed E-state index contributed by atoms with van der Waals surface area (Å²) in [5, 5.41) is 6.04. The highest BCUT2D eigenvalue weighted by Gasteiger charge is 2.03. The van der Waals surface area contributed by atoms with Gasteiger partial charge in [-0.05, 0) is 54.8 Å². The summed E-state index contributed by atoms with van der Waals surface area (Å²) in [6.07, 6.45) is 0. The SMILES string of the molecule is COc1ccc(CNCC(=O)Nc2cc(C)cc(C)c2)cc1. The molecule has 0 radical (unpaired) electrons. The molecule has 0 aliphatic carbocycles. The number of amides is 1. The average Bonchev–Trinajstić information content (AvgIpc) is 2.47. The fraction of sp³-hybridized carbons (Fsp3) is 0.278. The molecule has 22 heavy (non-hydrogen) atoms. The van der Waals surface area contributed by atoms with Gasteiger partial charge in [-0.2, -0.15) is 0 Å². The predicted octanol–water partition coefficient (Wildman–Crippen LogP) is 3.04. The van der Waals surface area contributed by atoms with E-state index in [0.717, 1.165) is 28.1 Å². The number of anilines is 1. The highest BCUT2D eigenvalue weighted by atomic mass is 16.5. The lowest BCUT2D eigenvalue weighted by Gasteiger charge is -2.09. The lowest BCUT2D eigenvalue weighted by Crippen LogP contribution is -2.27. The van der Waals surface area contributed by atoms with Gasteiger partial charge >= 0.3 is 0 Å². The molecular weight excluding hydrogens is 276 g/mol. The Morgan fingerprint density at radius 1 is 1.05 bits per heavy atom. The van der Waals surface area contributed by atoms with E-state index < -0.39 is 0 Å². The van der Waals surface area contributed by atoms with Gasteiger partial charge in [-0.15, -0.1) is 0 Å². The lowest BCUT2D eigenvalue weighted by atomic mass is 10.1. The number of aryl methyl sites for hydroxylation is 2. The fourth-order valence-electron chi connectivity index (χ4n) is 2.32. The van der Waals surface area contributed by atoms with E-state index in [1.54, 1.807) is 7.11 Å². The van der Waals surface area contributed by atoms with Crippen LogP contribution in [0.2, 0.25) is 0 Å². The van der Waals surface area contributed by atoms with Gasteiger partial charge in [0.05, 0.1) is 13.7 Å². The number of hydrogen-bond donors (Lipinski definition) is 2. The van der Waals surface area contributed by atoms with Crippen LogP contribution in [0.3, 0.4) is 0 Å². The molecule has 0 bridgehead atoms. The van der Waals surface area contributed by atoms with Crippen LogP contribution in [0.25, 0.3) is 0 Å². The Morgan fingerprint density at radius 2 is 1.68 bits per heavy atom. The van der Waals surface area contributed by atoms with Crippen LogP contribution in [0, 0.1) is 13.8 Å². The van der Waals surface area contributed by atoms with E-state index in [4.69, 9.17) is 4.74 Å². The maximum Gasteiger partial charge on any atom is 0.238 e. The van der Waals surface area contributed by atoms with Gasteiger partial charge in [0.1, 0.15) is 5.75 Å². The second kappa shape index (κ2) is 7.61. The van der Waals surface area contributed by atoms with Crippen LogP contribution in [0.1, 0.15) is 16.7 Å². The highest BCUT2D eigenvalue weighted by molar-refractivity contribution is 5.92. The number of nitrogens with one attached hydrogen (secondary N) is 2. The van der Waals surface area contributed by atoms with Crippen LogP contribution in [-0.2, 0) is 11.3 Å². The van der Waals surface area contributed by atoms with Crippen molar-refractivity contribution in [2.24, 2.45) is 0 Å². The summed E-state index contributed by atoms with van der Waals surface area (Å²) in [5.74, 6) is 0.787. The highest BCUT2D eigenvalue weighted by Crippen LogP contribution is 2.13. The Hall–Kier alpha value is -2.33. The van der Waals surface area contributed by atoms with Crippen LogP contribution in [0.5, 0.6) is 5.75 Å². The quantitative estimate of drug-likeness (QED) is 0.862. The van der Waals surface area contributed by atoms with Crippen LogP contribution >= 0.6 is 0 Å². The van der Waals surface area contributed by atoms with Gasteiger partial charge in [-0.1, -0.05) is 18.2 Å². The molecule has 0 unspecified atom stereocenters. The van der Waals surface area contributed by atoms with Crippen LogP contribution < -0.4 is 15.4 Å². The second-order valence-corrected chi connectivity index (χ2v) is 5.38. The van der Waals surface area contributed by atoms with Gasteiger partial charge in [-0.3, -0.25) is 4.79 Å². The zero-order valence-electron chi connectivity index (χ0n) is 13.3. The predicted molar refractivity (Wildman–Crippen MR) is 89.2 cm³/mol. The van der Waals surface area contributed by atoms with Gasteiger partial charge in [0.25, 0.3) is 0 Å². The largest absolute Gasteiger partial charge is 0.497 e. The van der Waals surface area contributed by atoms with E-state index in [9.17, 15) is 4.79 Å². The summed E-state index contributed by atoms with van der Waals surface area (Å²) < 4.78 is 5.11. The normalized spacial score (nSPS) is 10.3. The van der Waals surface area contributed by atoms with Crippen molar-refractivity contribution < 1.29 is 9.53 Å².